The predicted molar refractivity (Wildman–Crippen MR) is 77.0 cm³/mol. The third kappa shape index (κ3) is 2.09. The summed E-state index contributed by atoms with van der Waals surface area (Å²) in [5.41, 5.74) is -0.287. The lowest BCUT2D eigenvalue weighted by Gasteiger charge is -2.60. The van der Waals surface area contributed by atoms with Gasteiger partial charge in [-0.1, -0.05) is 6.92 Å². The largest absolute Gasteiger partial charge is 0.390 e. The Morgan fingerprint density at radius 1 is 1.25 bits per heavy atom. The van der Waals surface area contributed by atoms with E-state index in [9.17, 15) is 9.90 Å². The third-order valence-corrected chi connectivity index (χ3v) is 6.45. The van der Waals surface area contributed by atoms with Gasteiger partial charge in [0.25, 0.3) is 0 Å². The van der Waals surface area contributed by atoms with Gasteiger partial charge in [0.15, 0.2) is 0 Å². The molecular weight excluding hydrogens is 250 g/mol. The van der Waals surface area contributed by atoms with Gasteiger partial charge in [-0.25, -0.2) is 0 Å². The van der Waals surface area contributed by atoms with Crippen molar-refractivity contribution < 1.29 is 9.90 Å². The monoisotopic (exact) mass is 277 g/mol. The summed E-state index contributed by atoms with van der Waals surface area (Å²) in [5, 5.41) is 10.8. The zero-order valence-corrected chi connectivity index (χ0v) is 12.6. The molecule has 0 aromatic carbocycles. The highest BCUT2D eigenvalue weighted by atomic mass is 16.3. The number of nitrogens with zero attached hydrogens (tertiary/aromatic N) is 1. The number of carbonyl (C=O) groups is 1. The Hall–Kier alpha value is -0.570. The van der Waals surface area contributed by atoms with Gasteiger partial charge >= 0.3 is 0 Å². The van der Waals surface area contributed by atoms with E-state index in [0.717, 1.165) is 38.8 Å². The van der Waals surface area contributed by atoms with E-state index >= 15 is 0 Å². The van der Waals surface area contributed by atoms with Crippen LogP contribution in [0.4, 0.5) is 0 Å². The van der Waals surface area contributed by atoms with Crippen molar-refractivity contribution in [2.75, 3.05) is 13.1 Å². The summed E-state index contributed by atoms with van der Waals surface area (Å²) < 4.78 is 0. The fourth-order valence-corrected chi connectivity index (χ4v) is 6.20. The molecule has 0 aromatic rings. The summed E-state index contributed by atoms with van der Waals surface area (Å²) in [5.74, 6) is 2.40. The molecule has 3 nitrogen and oxygen atoms in total. The zero-order valence-electron chi connectivity index (χ0n) is 12.6. The fraction of sp³-hybridized carbons (Fsp3) is 0.941. The van der Waals surface area contributed by atoms with Crippen LogP contribution in [-0.2, 0) is 4.79 Å². The van der Waals surface area contributed by atoms with Crippen LogP contribution >= 0.6 is 0 Å². The lowest BCUT2D eigenvalue weighted by molar-refractivity contribution is -0.171. The number of rotatable bonds is 2. The summed E-state index contributed by atoms with van der Waals surface area (Å²) in [6.45, 7) is 4.14. The summed E-state index contributed by atoms with van der Waals surface area (Å²) in [7, 11) is 0. The average molecular weight is 277 g/mol. The van der Waals surface area contributed by atoms with Crippen LogP contribution in [0.5, 0.6) is 0 Å². The minimum atomic E-state index is -0.428. The SMILES string of the molecule is C[C@H]1CCN(C(=O)CC23CC4CC(CC(O)(C4)C2)C3)C1. The van der Waals surface area contributed by atoms with Gasteiger partial charge in [0.05, 0.1) is 5.60 Å². The number of carbonyl (C=O) groups excluding carboxylic acids is 1. The molecule has 1 aliphatic heterocycles. The van der Waals surface area contributed by atoms with Crippen molar-refractivity contribution in [1.82, 2.24) is 4.90 Å². The first-order chi connectivity index (χ1) is 9.45. The summed E-state index contributed by atoms with van der Waals surface area (Å²) in [6, 6.07) is 0. The molecule has 4 aliphatic carbocycles. The molecule has 0 spiro atoms. The van der Waals surface area contributed by atoms with Gasteiger partial charge in [-0.05, 0) is 68.1 Å². The Labute approximate surface area is 121 Å². The third-order valence-electron chi connectivity index (χ3n) is 6.45. The van der Waals surface area contributed by atoms with Crippen molar-refractivity contribution in [3.63, 3.8) is 0 Å². The lowest BCUT2D eigenvalue weighted by atomic mass is 9.47. The normalized spacial score (nSPS) is 49.9. The molecule has 1 heterocycles. The standard InChI is InChI=1S/C17H27NO2/c1-12-2-3-18(10-12)15(19)9-16-5-13-4-14(6-16)8-17(20,7-13)11-16/h12-14,20H,2-11H2,1H3/t12-,13?,14?,16?,17?/m0/s1. The van der Waals surface area contributed by atoms with Crippen LogP contribution in [0.2, 0.25) is 0 Å². The van der Waals surface area contributed by atoms with E-state index in [-0.39, 0.29) is 5.41 Å². The average Bonchev–Trinajstić information content (AvgIpc) is 2.71. The van der Waals surface area contributed by atoms with Crippen LogP contribution in [0, 0.1) is 23.2 Å². The first kappa shape index (κ1) is 13.1. The van der Waals surface area contributed by atoms with E-state index in [4.69, 9.17) is 0 Å². The van der Waals surface area contributed by atoms with Crippen LogP contribution < -0.4 is 0 Å². The molecule has 1 N–H and O–H groups in total. The molecule has 5 fully saturated rings. The molecule has 3 atom stereocenters. The van der Waals surface area contributed by atoms with Gasteiger partial charge in [-0.15, -0.1) is 0 Å². The van der Waals surface area contributed by atoms with Crippen molar-refractivity contribution in [2.45, 2.75) is 63.9 Å². The molecule has 4 saturated carbocycles. The van der Waals surface area contributed by atoms with Crippen LogP contribution in [0.3, 0.4) is 0 Å². The number of hydrogen-bond donors (Lipinski definition) is 1. The molecule has 1 amide bonds. The molecule has 2 unspecified atom stereocenters. The fourth-order valence-electron chi connectivity index (χ4n) is 6.20. The van der Waals surface area contributed by atoms with E-state index in [1.807, 2.05) is 0 Å². The van der Waals surface area contributed by atoms with Crippen molar-refractivity contribution in [3.05, 3.63) is 0 Å². The number of amides is 1. The topological polar surface area (TPSA) is 40.5 Å². The molecule has 5 aliphatic rings. The highest BCUT2D eigenvalue weighted by Gasteiger charge is 2.57. The molecule has 0 aromatic heterocycles. The highest BCUT2D eigenvalue weighted by molar-refractivity contribution is 5.77. The van der Waals surface area contributed by atoms with Crippen LogP contribution in [0.1, 0.15) is 58.3 Å². The lowest BCUT2D eigenvalue weighted by Crippen LogP contribution is -2.56. The Kier molecular flexibility index (Phi) is 2.77. The number of aliphatic hydroxyl groups is 1. The van der Waals surface area contributed by atoms with Crippen LogP contribution in [-0.4, -0.2) is 34.6 Å². The van der Waals surface area contributed by atoms with Crippen LogP contribution in [0.15, 0.2) is 0 Å². The molecule has 20 heavy (non-hydrogen) atoms. The molecule has 0 radical (unpaired) electrons. The highest BCUT2D eigenvalue weighted by Crippen LogP contribution is 2.62. The van der Waals surface area contributed by atoms with E-state index in [0.29, 0.717) is 30.1 Å². The number of likely N-dealkylation sites (tertiary alicyclic amines) is 1. The second-order valence-electron chi connectivity index (χ2n) is 8.60. The van der Waals surface area contributed by atoms with E-state index in [2.05, 4.69) is 11.8 Å². The second-order valence-corrected chi connectivity index (χ2v) is 8.60. The minimum absolute atomic E-state index is 0.141. The van der Waals surface area contributed by atoms with E-state index < -0.39 is 5.60 Å². The van der Waals surface area contributed by atoms with Gasteiger partial charge in [0, 0.05) is 19.5 Å². The number of hydrogen-bond acceptors (Lipinski definition) is 2. The first-order valence-corrected chi connectivity index (χ1v) is 8.46. The molecule has 5 rings (SSSR count). The summed E-state index contributed by atoms with van der Waals surface area (Å²) in [6.07, 6.45) is 8.45. The maximum atomic E-state index is 12.6. The van der Waals surface area contributed by atoms with Crippen molar-refractivity contribution >= 4 is 5.91 Å². The smallest absolute Gasteiger partial charge is 0.223 e. The first-order valence-electron chi connectivity index (χ1n) is 8.46. The van der Waals surface area contributed by atoms with Gasteiger partial charge in [0.2, 0.25) is 5.91 Å². The predicted octanol–water partition coefficient (Wildman–Crippen LogP) is 2.58. The Morgan fingerprint density at radius 2 is 1.95 bits per heavy atom. The maximum absolute atomic E-state index is 12.6. The van der Waals surface area contributed by atoms with Crippen LogP contribution in [0.25, 0.3) is 0 Å². The van der Waals surface area contributed by atoms with E-state index in [1.54, 1.807) is 0 Å². The van der Waals surface area contributed by atoms with Crippen molar-refractivity contribution in [2.24, 2.45) is 23.2 Å². The Morgan fingerprint density at radius 3 is 2.50 bits per heavy atom. The molecular formula is C17H27NO2. The minimum Gasteiger partial charge on any atom is -0.390 e. The molecule has 4 bridgehead atoms. The van der Waals surface area contributed by atoms with Crippen molar-refractivity contribution in [1.29, 1.82) is 0 Å². The molecule has 1 saturated heterocycles. The maximum Gasteiger partial charge on any atom is 0.223 e. The zero-order chi connectivity index (χ0) is 14.0. The second kappa shape index (κ2) is 4.22. The van der Waals surface area contributed by atoms with Crippen molar-refractivity contribution in [3.8, 4) is 0 Å². The summed E-state index contributed by atoms with van der Waals surface area (Å²) >= 11 is 0. The molecule has 3 heteroatoms. The van der Waals surface area contributed by atoms with Gasteiger partial charge in [-0.3, -0.25) is 4.79 Å². The van der Waals surface area contributed by atoms with Gasteiger partial charge < -0.3 is 10.0 Å². The Bertz CT molecular complexity index is 419. The van der Waals surface area contributed by atoms with E-state index in [1.165, 1.54) is 19.3 Å². The van der Waals surface area contributed by atoms with Gasteiger partial charge in [0.1, 0.15) is 0 Å². The summed E-state index contributed by atoms with van der Waals surface area (Å²) in [4.78, 5) is 14.7. The van der Waals surface area contributed by atoms with Gasteiger partial charge in [-0.2, -0.15) is 0 Å². The quantitative estimate of drug-likeness (QED) is 0.843. The molecule has 112 valence electrons. The Balaban J connectivity index is 1.49.